The highest BCUT2D eigenvalue weighted by molar-refractivity contribution is 7.99. The van der Waals surface area contributed by atoms with Crippen molar-refractivity contribution in [1.82, 2.24) is 9.55 Å². The third-order valence-corrected chi connectivity index (χ3v) is 8.32. The van der Waals surface area contributed by atoms with Gasteiger partial charge in [-0.05, 0) is 22.8 Å². The summed E-state index contributed by atoms with van der Waals surface area (Å²) in [4.78, 5) is 30.6. The van der Waals surface area contributed by atoms with Crippen LogP contribution in [0, 0.1) is 10.1 Å². The summed E-state index contributed by atoms with van der Waals surface area (Å²) in [5, 5.41) is 13.9. The number of hydrogen-bond donors (Lipinski definition) is 0. The van der Waals surface area contributed by atoms with Gasteiger partial charge < -0.3 is 4.57 Å². The summed E-state index contributed by atoms with van der Waals surface area (Å²) in [5.74, 6) is 0.626. The first kappa shape index (κ1) is 20.8. The lowest BCUT2D eigenvalue weighted by atomic mass is 9.99. The largest absolute Gasteiger partial charge is 0.315 e. The number of nitro groups is 1. The van der Waals surface area contributed by atoms with Crippen LogP contribution in [0.3, 0.4) is 0 Å². The third kappa shape index (κ3) is 3.34. The molecular formula is C26H17N3O3S2. The number of hydrogen-bond acceptors (Lipinski definition) is 6. The molecule has 5 aromatic rings. The molecule has 0 radical (unpaired) electrons. The first-order valence-corrected chi connectivity index (χ1v) is 12.4. The van der Waals surface area contributed by atoms with Crippen LogP contribution < -0.4 is 5.56 Å². The number of aromatic nitrogens is 2. The molecule has 3 aromatic carbocycles. The van der Waals surface area contributed by atoms with Crippen molar-refractivity contribution in [3.05, 3.63) is 122 Å². The molecule has 0 aliphatic carbocycles. The molecule has 1 aliphatic rings. The van der Waals surface area contributed by atoms with Crippen molar-refractivity contribution in [2.45, 2.75) is 16.7 Å². The minimum atomic E-state index is -0.369. The maximum atomic E-state index is 13.4. The molecule has 0 amide bonds. The SMILES string of the molecule is O=c1nc2n(c3scc(-c4ccccc4)c13)Cc1ccccc1C2Sc1ccccc1[N+](=O)[O-]. The van der Waals surface area contributed by atoms with Gasteiger partial charge in [0.1, 0.15) is 10.7 Å². The zero-order valence-corrected chi connectivity index (χ0v) is 19.4. The molecule has 1 aliphatic heterocycles. The van der Waals surface area contributed by atoms with Crippen molar-refractivity contribution in [2.24, 2.45) is 0 Å². The molecule has 8 heteroatoms. The Hall–Kier alpha value is -3.75. The molecule has 1 atom stereocenters. The summed E-state index contributed by atoms with van der Waals surface area (Å²) >= 11 is 2.90. The Morgan fingerprint density at radius 3 is 2.56 bits per heavy atom. The van der Waals surface area contributed by atoms with E-state index in [0.717, 1.165) is 27.1 Å². The Morgan fingerprint density at radius 2 is 1.74 bits per heavy atom. The Morgan fingerprint density at radius 1 is 1.00 bits per heavy atom. The van der Waals surface area contributed by atoms with E-state index in [9.17, 15) is 14.9 Å². The smallest absolute Gasteiger partial charge is 0.282 e. The topological polar surface area (TPSA) is 78.0 Å². The molecule has 34 heavy (non-hydrogen) atoms. The molecule has 2 aromatic heterocycles. The molecule has 3 heterocycles. The molecule has 1 unspecified atom stereocenters. The van der Waals surface area contributed by atoms with Gasteiger partial charge in [-0.3, -0.25) is 14.9 Å². The Balaban J connectivity index is 1.57. The van der Waals surface area contributed by atoms with E-state index in [4.69, 9.17) is 0 Å². The number of thioether (sulfide) groups is 1. The highest BCUT2D eigenvalue weighted by atomic mass is 32.2. The van der Waals surface area contributed by atoms with Crippen LogP contribution in [0.1, 0.15) is 22.2 Å². The molecule has 0 spiro atoms. The monoisotopic (exact) mass is 483 g/mol. The first-order chi connectivity index (χ1) is 16.6. The Labute approximate surface area is 202 Å². The van der Waals surface area contributed by atoms with E-state index >= 15 is 0 Å². The normalized spacial score (nSPS) is 14.5. The molecule has 0 N–H and O–H groups in total. The van der Waals surface area contributed by atoms with Gasteiger partial charge in [0.2, 0.25) is 0 Å². The summed E-state index contributed by atoms with van der Waals surface area (Å²) in [7, 11) is 0. The average Bonchev–Trinajstić information content (AvgIpc) is 3.32. The molecule has 166 valence electrons. The highest BCUT2D eigenvalue weighted by Gasteiger charge is 2.32. The summed E-state index contributed by atoms with van der Waals surface area (Å²) < 4.78 is 2.10. The van der Waals surface area contributed by atoms with E-state index in [1.165, 1.54) is 29.2 Å². The molecule has 0 bridgehead atoms. The predicted octanol–water partition coefficient (Wildman–Crippen LogP) is 6.28. The third-order valence-electron chi connectivity index (χ3n) is 6.02. The van der Waals surface area contributed by atoms with Crippen molar-refractivity contribution < 1.29 is 4.92 Å². The van der Waals surface area contributed by atoms with E-state index in [1.54, 1.807) is 18.2 Å². The molecule has 6 rings (SSSR count). The van der Waals surface area contributed by atoms with Gasteiger partial charge in [0, 0.05) is 17.0 Å². The van der Waals surface area contributed by atoms with Crippen LogP contribution >= 0.6 is 23.1 Å². The minimum absolute atomic E-state index is 0.0491. The minimum Gasteiger partial charge on any atom is -0.315 e. The summed E-state index contributed by atoms with van der Waals surface area (Å²) in [6.45, 7) is 0.595. The summed E-state index contributed by atoms with van der Waals surface area (Å²) in [5.41, 5.74) is 3.79. The second-order valence-electron chi connectivity index (χ2n) is 7.98. The van der Waals surface area contributed by atoms with E-state index in [2.05, 4.69) is 15.6 Å². The number of thiophene rings is 1. The number of rotatable bonds is 4. The summed E-state index contributed by atoms with van der Waals surface area (Å²) in [6.07, 6.45) is 0. The Kier molecular flexibility index (Phi) is 5.04. The number of benzene rings is 3. The molecule has 6 nitrogen and oxygen atoms in total. The van der Waals surface area contributed by atoms with Gasteiger partial charge in [0.05, 0.1) is 27.0 Å². The van der Waals surface area contributed by atoms with Crippen molar-refractivity contribution >= 4 is 39.0 Å². The van der Waals surface area contributed by atoms with Crippen molar-refractivity contribution in [3.8, 4) is 11.1 Å². The second kappa shape index (κ2) is 8.23. The van der Waals surface area contributed by atoms with Gasteiger partial charge in [-0.1, -0.05) is 66.7 Å². The number of fused-ring (bicyclic) bond motifs is 4. The number of nitro benzene ring substituents is 1. The van der Waals surface area contributed by atoms with Gasteiger partial charge >= 0.3 is 0 Å². The zero-order chi connectivity index (χ0) is 23.2. The van der Waals surface area contributed by atoms with Gasteiger partial charge in [-0.15, -0.1) is 23.1 Å². The summed E-state index contributed by atoms with van der Waals surface area (Å²) in [6, 6.07) is 24.6. The van der Waals surface area contributed by atoms with Gasteiger partial charge in [0.15, 0.2) is 0 Å². The van der Waals surface area contributed by atoms with E-state index in [0.29, 0.717) is 22.7 Å². The maximum absolute atomic E-state index is 13.4. The van der Waals surface area contributed by atoms with Crippen LogP contribution in [0.5, 0.6) is 0 Å². The lowest BCUT2D eigenvalue weighted by molar-refractivity contribution is -0.387. The fourth-order valence-electron chi connectivity index (χ4n) is 4.45. The lowest BCUT2D eigenvalue weighted by Gasteiger charge is -2.29. The van der Waals surface area contributed by atoms with Crippen LogP contribution in [0.25, 0.3) is 21.3 Å². The number of nitrogens with zero attached hydrogens (tertiary/aromatic N) is 3. The molecule has 0 saturated carbocycles. The van der Waals surface area contributed by atoms with Gasteiger partial charge in [-0.2, -0.15) is 4.98 Å². The standard InChI is InChI=1S/C26H17N3O3S2/c30-25-22-19(16-8-2-1-3-9-16)15-33-26(22)28-14-17-10-4-5-11-18(17)23(24(28)27-25)34-21-13-7-6-12-20(21)29(31)32/h1-13,15,23H,14H2. The second-order valence-corrected chi connectivity index (χ2v) is 9.98. The number of para-hydroxylation sites is 1. The van der Waals surface area contributed by atoms with Crippen LogP contribution in [0.15, 0.2) is 93.9 Å². The maximum Gasteiger partial charge on any atom is 0.282 e. The first-order valence-electron chi connectivity index (χ1n) is 10.7. The average molecular weight is 484 g/mol. The fraction of sp³-hybridized carbons (Fsp3) is 0.0769. The molecular weight excluding hydrogens is 466 g/mol. The van der Waals surface area contributed by atoms with E-state index in [1.807, 2.05) is 53.9 Å². The van der Waals surface area contributed by atoms with Crippen LogP contribution in [-0.2, 0) is 6.54 Å². The van der Waals surface area contributed by atoms with Gasteiger partial charge in [-0.25, -0.2) is 0 Å². The van der Waals surface area contributed by atoms with Gasteiger partial charge in [0.25, 0.3) is 11.2 Å². The molecule has 0 fully saturated rings. The predicted molar refractivity (Wildman–Crippen MR) is 136 cm³/mol. The van der Waals surface area contributed by atoms with E-state index in [-0.39, 0.29) is 21.4 Å². The zero-order valence-electron chi connectivity index (χ0n) is 17.8. The van der Waals surface area contributed by atoms with E-state index < -0.39 is 0 Å². The highest BCUT2D eigenvalue weighted by Crippen LogP contribution is 2.47. The Bertz CT molecular complexity index is 1630. The van der Waals surface area contributed by atoms with Crippen LogP contribution in [0.2, 0.25) is 0 Å². The van der Waals surface area contributed by atoms with Crippen LogP contribution in [-0.4, -0.2) is 14.5 Å². The van der Waals surface area contributed by atoms with Crippen molar-refractivity contribution in [1.29, 1.82) is 0 Å². The molecule has 0 saturated heterocycles. The van der Waals surface area contributed by atoms with Crippen molar-refractivity contribution in [2.75, 3.05) is 0 Å². The van der Waals surface area contributed by atoms with Crippen LogP contribution in [0.4, 0.5) is 5.69 Å². The quantitative estimate of drug-likeness (QED) is 0.222. The lowest BCUT2D eigenvalue weighted by Crippen LogP contribution is -2.25. The van der Waals surface area contributed by atoms with Crippen molar-refractivity contribution in [3.63, 3.8) is 0 Å². The fourth-order valence-corrected chi connectivity index (χ4v) is 6.86.